The fourth-order valence-electron chi connectivity index (χ4n) is 2.02. The zero-order valence-electron chi connectivity index (χ0n) is 11.2. The molecule has 1 amide bonds. The second kappa shape index (κ2) is 8.15. The molecule has 1 aromatic carbocycles. The molecule has 0 aliphatic heterocycles. The Morgan fingerprint density at radius 1 is 1.33 bits per heavy atom. The van der Waals surface area contributed by atoms with Crippen molar-refractivity contribution in [3.63, 3.8) is 0 Å². The molecule has 0 radical (unpaired) electrons. The summed E-state index contributed by atoms with van der Waals surface area (Å²) in [4.78, 5) is 12.3. The fourth-order valence-corrected chi connectivity index (χ4v) is 2.16. The summed E-state index contributed by atoms with van der Waals surface area (Å²) in [5, 5.41) is 2.97. The molecule has 0 spiro atoms. The number of benzene rings is 1. The molecule has 0 aliphatic carbocycles. The highest BCUT2D eigenvalue weighted by Gasteiger charge is 2.25. The molecule has 0 saturated carbocycles. The Hall–Kier alpha value is -1.02. The third-order valence-electron chi connectivity index (χ3n) is 3.26. The summed E-state index contributed by atoms with van der Waals surface area (Å²) in [6, 6.07) is 9.99. The number of halogens is 1. The molecule has 18 heavy (non-hydrogen) atoms. The van der Waals surface area contributed by atoms with Crippen molar-refractivity contribution in [2.45, 2.75) is 32.6 Å². The van der Waals surface area contributed by atoms with Crippen molar-refractivity contribution < 1.29 is 4.79 Å². The topological polar surface area (TPSA) is 29.1 Å². The van der Waals surface area contributed by atoms with Crippen molar-refractivity contribution in [1.29, 1.82) is 0 Å². The Bertz CT molecular complexity index is 353. The summed E-state index contributed by atoms with van der Waals surface area (Å²) in [5.41, 5.74) is 1.09. The maximum atomic E-state index is 12.3. The predicted octanol–water partition coefficient (Wildman–Crippen LogP) is 3.56. The average molecular weight is 268 g/mol. The fraction of sp³-hybridized carbons (Fsp3) is 0.533. The average Bonchev–Trinajstić information content (AvgIpc) is 2.40. The number of rotatable bonds is 7. The summed E-state index contributed by atoms with van der Waals surface area (Å²) in [5.74, 6) is 0.968. The van der Waals surface area contributed by atoms with E-state index in [1.54, 1.807) is 0 Å². The van der Waals surface area contributed by atoms with Gasteiger partial charge in [-0.3, -0.25) is 4.79 Å². The summed E-state index contributed by atoms with van der Waals surface area (Å²) < 4.78 is 0. The molecule has 100 valence electrons. The maximum absolute atomic E-state index is 12.3. The highest BCUT2D eigenvalue weighted by atomic mass is 35.5. The highest BCUT2D eigenvalue weighted by Crippen LogP contribution is 2.26. The van der Waals surface area contributed by atoms with E-state index < -0.39 is 0 Å². The summed E-state index contributed by atoms with van der Waals surface area (Å²) in [7, 11) is 0. The van der Waals surface area contributed by atoms with Crippen LogP contribution in [0.3, 0.4) is 0 Å². The predicted molar refractivity (Wildman–Crippen MR) is 77.0 cm³/mol. The standard InChI is InChI=1S/C15H22ClNO/c1-3-12(2)14(13-8-5-4-6-9-13)15(18)17-11-7-10-16/h4-6,8-9,12,14H,3,7,10-11H2,1-2H3,(H,17,18). The Morgan fingerprint density at radius 3 is 2.56 bits per heavy atom. The Balaban J connectivity index is 2.76. The molecular formula is C15H22ClNO. The second-order valence-electron chi connectivity index (χ2n) is 4.61. The monoisotopic (exact) mass is 267 g/mol. The lowest BCUT2D eigenvalue weighted by molar-refractivity contribution is -0.123. The Labute approximate surface area is 115 Å². The number of amides is 1. The van der Waals surface area contributed by atoms with Crippen molar-refractivity contribution in [3.05, 3.63) is 35.9 Å². The van der Waals surface area contributed by atoms with Crippen LogP contribution in [0.5, 0.6) is 0 Å². The van der Waals surface area contributed by atoms with Gasteiger partial charge in [-0.15, -0.1) is 11.6 Å². The molecule has 1 N–H and O–H groups in total. The SMILES string of the molecule is CCC(C)C(C(=O)NCCCCl)c1ccccc1. The molecule has 2 nitrogen and oxygen atoms in total. The van der Waals surface area contributed by atoms with Crippen LogP contribution < -0.4 is 5.32 Å². The van der Waals surface area contributed by atoms with Crippen molar-refractivity contribution >= 4 is 17.5 Å². The van der Waals surface area contributed by atoms with Gasteiger partial charge in [-0.05, 0) is 17.9 Å². The lowest BCUT2D eigenvalue weighted by Gasteiger charge is -2.22. The van der Waals surface area contributed by atoms with E-state index in [0.717, 1.165) is 18.4 Å². The molecule has 0 aliphatic rings. The quantitative estimate of drug-likeness (QED) is 0.594. The number of nitrogens with one attached hydrogen (secondary N) is 1. The number of hydrogen-bond acceptors (Lipinski definition) is 1. The van der Waals surface area contributed by atoms with E-state index in [1.165, 1.54) is 0 Å². The molecule has 0 bridgehead atoms. The third kappa shape index (κ3) is 4.34. The van der Waals surface area contributed by atoms with Gasteiger partial charge < -0.3 is 5.32 Å². The molecule has 1 rings (SSSR count). The lowest BCUT2D eigenvalue weighted by Crippen LogP contribution is -2.33. The van der Waals surface area contributed by atoms with Crippen LogP contribution in [0.1, 0.15) is 38.2 Å². The minimum atomic E-state index is -0.0634. The molecule has 3 heteroatoms. The van der Waals surface area contributed by atoms with Gasteiger partial charge in [-0.25, -0.2) is 0 Å². The molecule has 0 fully saturated rings. The van der Waals surface area contributed by atoms with Crippen LogP contribution in [0, 0.1) is 5.92 Å². The van der Waals surface area contributed by atoms with Crippen LogP contribution in [-0.4, -0.2) is 18.3 Å². The summed E-state index contributed by atoms with van der Waals surface area (Å²) >= 11 is 5.62. The number of hydrogen-bond donors (Lipinski definition) is 1. The molecular weight excluding hydrogens is 246 g/mol. The minimum absolute atomic E-state index is 0.0634. The van der Waals surface area contributed by atoms with Crippen molar-refractivity contribution in [2.75, 3.05) is 12.4 Å². The molecule has 0 heterocycles. The molecule has 0 aromatic heterocycles. The van der Waals surface area contributed by atoms with Crippen molar-refractivity contribution in [3.8, 4) is 0 Å². The Morgan fingerprint density at radius 2 is 2.00 bits per heavy atom. The number of alkyl halides is 1. The zero-order chi connectivity index (χ0) is 13.4. The zero-order valence-corrected chi connectivity index (χ0v) is 11.9. The first kappa shape index (κ1) is 15.0. The Kier molecular flexibility index (Phi) is 6.81. The van der Waals surface area contributed by atoms with Crippen LogP contribution >= 0.6 is 11.6 Å². The van der Waals surface area contributed by atoms with Gasteiger partial charge in [-0.2, -0.15) is 0 Å². The minimum Gasteiger partial charge on any atom is -0.356 e. The van der Waals surface area contributed by atoms with Gasteiger partial charge in [0.05, 0.1) is 5.92 Å². The van der Waals surface area contributed by atoms with Gasteiger partial charge in [0.2, 0.25) is 5.91 Å². The van der Waals surface area contributed by atoms with Crippen LogP contribution in [0.25, 0.3) is 0 Å². The van der Waals surface area contributed by atoms with E-state index in [4.69, 9.17) is 11.6 Å². The van der Waals surface area contributed by atoms with E-state index in [-0.39, 0.29) is 11.8 Å². The number of carbonyl (C=O) groups excluding carboxylic acids is 1. The molecule has 1 aromatic rings. The van der Waals surface area contributed by atoms with Crippen LogP contribution in [0.15, 0.2) is 30.3 Å². The van der Waals surface area contributed by atoms with Crippen LogP contribution in [0.4, 0.5) is 0 Å². The van der Waals surface area contributed by atoms with E-state index in [9.17, 15) is 4.79 Å². The van der Waals surface area contributed by atoms with Gasteiger partial charge >= 0.3 is 0 Å². The molecule has 0 saturated heterocycles. The van der Waals surface area contributed by atoms with Crippen molar-refractivity contribution in [2.24, 2.45) is 5.92 Å². The van der Waals surface area contributed by atoms with Crippen LogP contribution in [-0.2, 0) is 4.79 Å². The first-order valence-electron chi connectivity index (χ1n) is 6.59. The maximum Gasteiger partial charge on any atom is 0.227 e. The van der Waals surface area contributed by atoms with Gasteiger partial charge in [-0.1, -0.05) is 50.6 Å². The highest BCUT2D eigenvalue weighted by molar-refractivity contribution is 6.17. The van der Waals surface area contributed by atoms with E-state index >= 15 is 0 Å². The molecule has 2 atom stereocenters. The van der Waals surface area contributed by atoms with Gasteiger partial charge in [0, 0.05) is 12.4 Å². The normalized spacial score (nSPS) is 13.9. The third-order valence-corrected chi connectivity index (χ3v) is 3.53. The van der Waals surface area contributed by atoms with E-state index in [1.807, 2.05) is 30.3 Å². The largest absolute Gasteiger partial charge is 0.356 e. The van der Waals surface area contributed by atoms with E-state index in [0.29, 0.717) is 18.3 Å². The summed E-state index contributed by atoms with van der Waals surface area (Å²) in [6.45, 7) is 4.90. The van der Waals surface area contributed by atoms with E-state index in [2.05, 4.69) is 19.2 Å². The van der Waals surface area contributed by atoms with Gasteiger partial charge in [0.15, 0.2) is 0 Å². The van der Waals surface area contributed by atoms with Crippen LogP contribution in [0.2, 0.25) is 0 Å². The summed E-state index contributed by atoms with van der Waals surface area (Å²) in [6.07, 6.45) is 1.80. The molecule has 2 unspecified atom stereocenters. The van der Waals surface area contributed by atoms with Gasteiger partial charge in [0.1, 0.15) is 0 Å². The lowest BCUT2D eigenvalue weighted by atomic mass is 9.85. The second-order valence-corrected chi connectivity index (χ2v) is 4.99. The van der Waals surface area contributed by atoms with Gasteiger partial charge in [0.25, 0.3) is 0 Å². The smallest absolute Gasteiger partial charge is 0.227 e. The number of carbonyl (C=O) groups is 1. The van der Waals surface area contributed by atoms with Crippen molar-refractivity contribution in [1.82, 2.24) is 5.32 Å². The first-order chi connectivity index (χ1) is 8.70. The first-order valence-corrected chi connectivity index (χ1v) is 7.12.